The Balaban J connectivity index is 1.89. The molecule has 1 heterocycles. The summed E-state index contributed by atoms with van der Waals surface area (Å²) in [7, 11) is 0. The molecule has 0 aliphatic heterocycles. The van der Waals surface area contributed by atoms with Gasteiger partial charge in [0.15, 0.2) is 0 Å². The quantitative estimate of drug-likeness (QED) is 0.781. The number of fused-ring (bicyclic) bond motifs is 1. The fraction of sp³-hybridized carbons (Fsp3) is 0.235. The number of nitrogens with two attached hydrogens (primary N) is 1. The van der Waals surface area contributed by atoms with Crippen molar-refractivity contribution in [2.75, 3.05) is 6.61 Å². The molecule has 4 heteroatoms. The van der Waals surface area contributed by atoms with E-state index < -0.39 is 0 Å². The van der Waals surface area contributed by atoms with E-state index >= 15 is 0 Å². The maximum Gasteiger partial charge on any atom is 0.131 e. The van der Waals surface area contributed by atoms with Gasteiger partial charge < -0.3 is 15.0 Å². The van der Waals surface area contributed by atoms with Crippen LogP contribution in [0.2, 0.25) is 0 Å². The molecule has 3 aromatic rings. The van der Waals surface area contributed by atoms with E-state index in [4.69, 9.17) is 10.5 Å². The van der Waals surface area contributed by atoms with Crippen molar-refractivity contribution in [3.05, 3.63) is 60.7 Å². The highest BCUT2D eigenvalue weighted by Gasteiger charge is 2.12. The van der Waals surface area contributed by atoms with Gasteiger partial charge in [-0.15, -0.1) is 0 Å². The Hall–Kier alpha value is -2.33. The first-order chi connectivity index (χ1) is 10.3. The molecular formula is C17H19N3O. The van der Waals surface area contributed by atoms with Crippen molar-refractivity contribution in [1.82, 2.24) is 9.55 Å². The maximum absolute atomic E-state index is 6.08. The van der Waals surface area contributed by atoms with Gasteiger partial charge in [0.1, 0.15) is 12.4 Å². The molecule has 0 saturated heterocycles. The molecule has 0 aliphatic carbocycles. The monoisotopic (exact) mass is 281 g/mol. The topological polar surface area (TPSA) is 53.1 Å². The minimum absolute atomic E-state index is 0.0575. The lowest BCUT2D eigenvalue weighted by atomic mass is 10.0. The third kappa shape index (κ3) is 2.90. The smallest absolute Gasteiger partial charge is 0.131 e. The van der Waals surface area contributed by atoms with Crippen LogP contribution in [0.25, 0.3) is 10.8 Å². The minimum atomic E-state index is -0.0575. The fourth-order valence-electron chi connectivity index (χ4n) is 2.45. The van der Waals surface area contributed by atoms with Gasteiger partial charge in [-0.25, -0.2) is 4.98 Å². The number of hydrogen-bond donors (Lipinski definition) is 1. The number of aromatic nitrogens is 2. The first-order valence-electron chi connectivity index (χ1n) is 7.11. The summed E-state index contributed by atoms with van der Waals surface area (Å²) in [5, 5.41) is 2.28. The highest BCUT2D eigenvalue weighted by molar-refractivity contribution is 5.89. The lowest BCUT2D eigenvalue weighted by molar-refractivity contribution is 0.297. The van der Waals surface area contributed by atoms with Crippen LogP contribution in [-0.4, -0.2) is 16.2 Å². The molecule has 21 heavy (non-hydrogen) atoms. The Morgan fingerprint density at radius 1 is 1.24 bits per heavy atom. The summed E-state index contributed by atoms with van der Waals surface area (Å²) in [6.45, 7) is 3.33. The summed E-state index contributed by atoms with van der Waals surface area (Å²) in [5.74, 6) is 0.892. The van der Waals surface area contributed by atoms with Crippen molar-refractivity contribution in [3.63, 3.8) is 0 Å². The normalized spacial score (nSPS) is 12.5. The fourth-order valence-corrected chi connectivity index (χ4v) is 2.45. The average molecular weight is 281 g/mol. The van der Waals surface area contributed by atoms with Crippen molar-refractivity contribution >= 4 is 10.8 Å². The predicted octanol–water partition coefficient (Wildman–Crippen LogP) is 3.14. The third-order valence-electron chi connectivity index (χ3n) is 3.56. The second kappa shape index (κ2) is 5.97. The summed E-state index contributed by atoms with van der Waals surface area (Å²) in [6, 6.07) is 12.3. The predicted molar refractivity (Wildman–Crippen MR) is 84.3 cm³/mol. The number of benzene rings is 2. The summed E-state index contributed by atoms with van der Waals surface area (Å²) in [4.78, 5) is 4.03. The van der Waals surface area contributed by atoms with E-state index in [1.54, 1.807) is 12.5 Å². The molecule has 1 unspecified atom stereocenters. The van der Waals surface area contributed by atoms with Crippen LogP contribution < -0.4 is 10.5 Å². The van der Waals surface area contributed by atoms with Crippen LogP contribution in [0.15, 0.2) is 55.1 Å². The lowest BCUT2D eigenvalue weighted by Crippen LogP contribution is -2.11. The van der Waals surface area contributed by atoms with Crippen molar-refractivity contribution in [3.8, 4) is 5.75 Å². The molecule has 4 nitrogen and oxygen atoms in total. The second-order valence-corrected chi connectivity index (χ2v) is 5.14. The van der Waals surface area contributed by atoms with E-state index in [9.17, 15) is 0 Å². The average Bonchev–Trinajstić information content (AvgIpc) is 3.00. The molecular weight excluding hydrogens is 262 g/mol. The molecule has 2 aromatic carbocycles. The molecule has 0 spiro atoms. The standard InChI is InChI=1S/C17H19N3O/c1-13(18)15-7-6-14-4-2-3-5-16(14)17(15)21-11-10-20-9-8-19-12-20/h2-9,12-13H,10-11,18H2,1H3. The second-order valence-electron chi connectivity index (χ2n) is 5.14. The van der Waals surface area contributed by atoms with Gasteiger partial charge in [0.2, 0.25) is 0 Å². The zero-order valence-corrected chi connectivity index (χ0v) is 12.1. The van der Waals surface area contributed by atoms with Crippen LogP contribution in [0.3, 0.4) is 0 Å². The number of rotatable bonds is 5. The summed E-state index contributed by atoms with van der Waals surface area (Å²) in [5.41, 5.74) is 7.12. The van der Waals surface area contributed by atoms with Crippen LogP contribution in [-0.2, 0) is 6.54 Å². The number of hydrogen-bond acceptors (Lipinski definition) is 3. The molecule has 2 N–H and O–H groups in total. The van der Waals surface area contributed by atoms with E-state index in [1.807, 2.05) is 29.8 Å². The summed E-state index contributed by atoms with van der Waals surface area (Å²) in [6.07, 6.45) is 5.49. The van der Waals surface area contributed by atoms with Gasteiger partial charge in [0.05, 0.1) is 12.9 Å². The first kappa shape index (κ1) is 13.6. The molecule has 0 amide bonds. The van der Waals surface area contributed by atoms with Crippen LogP contribution in [0.4, 0.5) is 0 Å². The van der Waals surface area contributed by atoms with E-state index in [0.717, 1.165) is 23.2 Å². The molecule has 1 atom stereocenters. The van der Waals surface area contributed by atoms with E-state index in [0.29, 0.717) is 6.61 Å². The summed E-state index contributed by atoms with van der Waals surface area (Å²) < 4.78 is 8.05. The van der Waals surface area contributed by atoms with Crippen LogP contribution in [0, 0.1) is 0 Å². The lowest BCUT2D eigenvalue weighted by Gasteiger charge is -2.17. The third-order valence-corrected chi connectivity index (χ3v) is 3.56. The Morgan fingerprint density at radius 2 is 2.10 bits per heavy atom. The van der Waals surface area contributed by atoms with Gasteiger partial charge in [-0.2, -0.15) is 0 Å². The highest BCUT2D eigenvalue weighted by atomic mass is 16.5. The Bertz CT molecular complexity index is 720. The van der Waals surface area contributed by atoms with E-state index in [1.165, 1.54) is 5.39 Å². The van der Waals surface area contributed by atoms with Crippen LogP contribution in [0.1, 0.15) is 18.5 Å². The van der Waals surface area contributed by atoms with Gasteiger partial charge in [-0.1, -0.05) is 36.4 Å². The van der Waals surface area contributed by atoms with Crippen molar-refractivity contribution < 1.29 is 4.74 Å². The largest absolute Gasteiger partial charge is 0.491 e. The molecule has 0 saturated carbocycles. The van der Waals surface area contributed by atoms with Crippen molar-refractivity contribution in [2.24, 2.45) is 5.73 Å². The SMILES string of the molecule is CC(N)c1ccc2ccccc2c1OCCn1ccnc1. The molecule has 0 fully saturated rings. The molecule has 108 valence electrons. The Kier molecular flexibility index (Phi) is 3.88. The van der Waals surface area contributed by atoms with Crippen LogP contribution >= 0.6 is 0 Å². The zero-order valence-electron chi connectivity index (χ0n) is 12.1. The van der Waals surface area contributed by atoms with Gasteiger partial charge >= 0.3 is 0 Å². The van der Waals surface area contributed by atoms with Crippen molar-refractivity contribution in [1.29, 1.82) is 0 Å². The number of ether oxygens (including phenoxy) is 1. The molecule has 0 aliphatic rings. The highest BCUT2D eigenvalue weighted by Crippen LogP contribution is 2.32. The van der Waals surface area contributed by atoms with Gasteiger partial charge in [0, 0.05) is 29.4 Å². The maximum atomic E-state index is 6.08. The number of nitrogens with zero attached hydrogens (tertiary/aromatic N) is 2. The van der Waals surface area contributed by atoms with Crippen LogP contribution in [0.5, 0.6) is 5.75 Å². The van der Waals surface area contributed by atoms with E-state index in [2.05, 4.69) is 29.2 Å². The minimum Gasteiger partial charge on any atom is -0.491 e. The number of imidazole rings is 1. The molecule has 0 bridgehead atoms. The summed E-state index contributed by atoms with van der Waals surface area (Å²) >= 11 is 0. The Labute approximate surface area is 124 Å². The zero-order chi connectivity index (χ0) is 14.7. The Morgan fingerprint density at radius 3 is 2.86 bits per heavy atom. The molecule has 3 rings (SSSR count). The van der Waals surface area contributed by atoms with Gasteiger partial charge in [-0.3, -0.25) is 0 Å². The molecule has 0 radical (unpaired) electrons. The first-order valence-corrected chi connectivity index (χ1v) is 7.11. The van der Waals surface area contributed by atoms with Gasteiger partial charge in [-0.05, 0) is 12.3 Å². The van der Waals surface area contributed by atoms with E-state index in [-0.39, 0.29) is 6.04 Å². The van der Waals surface area contributed by atoms with Gasteiger partial charge in [0.25, 0.3) is 0 Å². The molecule has 1 aromatic heterocycles. The van der Waals surface area contributed by atoms with Crippen molar-refractivity contribution in [2.45, 2.75) is 19.5 Å².